The van der Waals surface area contributed by atoms with Gasteiger partial charge in [0, 0.05) is 32.3 Å². The zero-order chi connectivity index (χ0) is 20.0. The highest BCUT2D eigenvalue weighted by Gasteiger charge is 2.29. The number of sulfonamides is 1. The average molecular weight is 398 g/mol. The highest BCUT2D eigenvalue weighted by molar-refractivity contribution is 7.89. The SMILES string of the molecule is COCCN(CC(=O)O)C(=O)c1ccc(C)c(S(=O)(=O)N2CCCCC2)c1. The van der Waals surface area contributed by atoms with Crippen LogP contribution in [0.2, 0.25) is 0 Å². The number of aliphatic carboxylic acids is 1. The lowest BCUT2D eigenvalue weighted by atomic mass is 10.1. The van der Waals surface area contributed by atoms with Crippen molar-refractivity contribution >= 4 is 21.9 Å². The second kappa shape index (κ2) is 9.29. The van der Waals surface area contributed by atoms with Crippen LogP contribution in [0.4, 0.5) is 0 Å². The Kier molecular flexibility index (Phi) is 7.34. The summed E-state index contributed by atoms with van der Waals surface area (Å²) in [7, 11) is -2.24. The van der Waals surface area contributed by atoms with Crippen LogP contribution in [-0.4, -0.2) is 74.5 Å². The van der Waals surface area contributed by atoms with Crippen molar-refractivity contribution in [3.8, 4) is 0 Å². The summed E-state index contributed by atoms with van der Waals surface area (Å²) in [5.74, 6) is -1.68. The monoisotopic (exact) mass is 398 g/mol. The summed E-state index contributed by atoms with van der Waals surface area (Å²) >= 11 is 0. The van der Waals surface area contributed by atoms with E-state index in [4.69, 9.17) is 9.84 Å². The normalized spacial score (nSPS) is 15.5. The fraction of sp³-hybridized carbons (Fsp3) is 0.556. The molecule has 8 nitrogen and oxygen atoms in total. The van der Waals surface area contributed by atoms with Gasteiger partial charge in [0.15, 0.2) is 0 Å². The van der Waals surface area contributed by atoms with Crippen molar-refractivity contribution in [1.82, 2.24) is 9.21 Å². The topological polar surface area (TPSA) is 104 Å². The molecule has 0 bridgehead atoms. The number of amides is 1. The minimum Gasteiger partial charge on any atom is -0.480 e. The van der Waals surface area contributed by atoms with E-state index in [0.717, 1.165) is 24.2 Å². The number of carbonyl (C=O) groups is 2. The molecular weight excluding hydrogens is 372 g/mol. The number of methoxy groups -OCH3 is 1. The van der Waals surface area contributed by atoms with Gasteiger partial charge in [-0.25, -0.2) is 8.42 Å². The number of carbonyl (C=O) groups excluding carboxylic acids is 1. The summed E-state index contributed by atoms with van der Waals surface area (Å²) in [6.07, 6.45) is 2.65. The zero-order valence-corrected chi connectivity index (χ0v) is 16.5. The Morgan fingerprint density at radius 2 is 1.89 bits per heavy atom. The molecule has 1 aromatic carbocycles. The molecule has 0 radical (unpaired) electrons. The molecule has 1 aromatic rings. The van der Waals surface area contributed by atoms with Crippen LogP contribution in [-0.2, 0) is 19.6 Å². The molecule has 0 spiro atoms. The van der Waals surface area contributed by atoms with E-state index in [1.54, 1.807) is 13.0 Å². The molecular formula is C18H26N2O6S. The molecule has 0 aliphatic carbocycles. The Labute approximate surface area is 159 Å². The predicted molar refractivity (Wildman–Crippen MR) is 99.2 cm³/mol. The molecule has 150 valence electrons. The molecule has 1 heterocycles. The van der Waals surface area contributed by atoms with Gasteiger partial charge in [0.1, 0.15) is 6.54 Å². The van der Waals surface area contributed by atoms with Crippen LogP contribution in [0.3, 0.4) is 0 Å². The largest absolute Gasteiger partial charge is 0.480 e. The summed E-state index contributed by atoms with van der Waals surface area (Å²) in [6.45, 7) is 2.43. The molecule has 9 heteroatoms. The van der Waals surface area contributed by atoms with E-state index >= 15 is 0 Å². The van der Waals surface area contributed by atoms with Crippen molar-refractivity contribution in [2.45, 2.75) is 31.1 Å². The molecule has 1 N–H and O–H groups in total. The van der Waals surface area contributed by atoms with Crippen molar-refractivity contribution in [2.24, 2.45) is 0 Å². The molecule has 1 aliphatic heterocycles. The van der Waals surface area contributed by atoms with E-state index in [9.17, 15) is 18.0 Å². The highest BCUT2D eigenvalue weighted by Crippen LogP contribution is 2.25. The molecule has 1 saturated heterocycles. The molecule has 2 rings (SSSR count). The predicted octanol–water partition coefficient (Wildman–Crippen LogP) is 1.34. The number of hydrogen-bond acceptors (Lipinski definition) is 5. The van der Waals surface area contributed by atoms with Crippen LogP contribution in [0.1, 0.15) is 35.2 Å². The third kappa shape index (κ3) is 5.27. The van der Waals surface area contributed by atoms with E-state index in [1.807, 2.05) is 0 Å². The second-order valence-corrected chi connectivity index (χ2v) is 8.46. The van der Waals surface area contributed by atoms with Crippen molar-refractivity contribution < 1.29 is 27.9 Å². The number of hydrogen-bond donors (Lipinski definition) is 1. The van der Waals surface area contributed by atoms with E-state index in [1.165, 1.54) is 23.5 Å². The van der Waals surface area contributed by atoms with E-state index in [0.29, 0.717) is 18.7 Å². The van der Waals surface area contributed by atoms with Crippen LogP contribution < -0.4 is 0 Å². The summed E-state index contributed by atoms with van der Waals surface area (Å²) in [5, 5.41) is 9.04. The first-order chi connectivity index (χ1) is 12.8. The number of ether oxygens (including phenoxy) is 1. The van der Waals surface area contributed by atoms with Gasteiger partial charge in [-0.1, -0.05) is 12.5 Å². The van der Waals surface area contributed by atoms with E-state index in [-0.39, 0.29) is 23.6 Å². The maximum Gasteiger partial charge on any atom is 0.323 e. The minimum atomic E-state index is -3.69. The lowest BCUT2D eigenvalue weighted by Gasteiger charge is -2.27. The number of rotatable bonds is 8. The van der Waals surface area contributed by atoms with Gasteiger partial charge in [-0.05, 0) is 37.5 Å². The molecule has 1 fully saturated rings. The van der Waals surface area contributed by atoms with Gasteiger partial charge in [-0.3, -0.25) is 9.59 Å². The number of carboxylic acid groups (broad SMARTS) is 1. The zero-order valence-electron chi connectivity index (χ0n) is 15.7. The average Bonchev–Trinajstić information content (AvgIpc) is 2.65. The van der Waals surface area contributed by atoms with Crippen LogP contribution in [0, 0.1) is 6.92 Å². The van der Waals surface area contributed by atoms with Crippen LogP contribution in [0.5, 0.6) is 0 Å². The quantitative estimate of drug-likeness (QED) is 0.709. The van der Waals surface area contributed by atoms with Crippen molar-refractivity contribution in [3.05, 3.63) is 29.3 Å². The Morgan fingerprint density at radius 3 is 2.48 bits per heavy atom. The van der Waals surface area contributed by atoms with Gasteiger partial charge in [-0.15, -0.1) is 0 Å². The molecule has 0 aromatic heterocycles. The first-order valence-corrected chi connectivity index (χ1v) is 10.3. The number of piperidine rings is 1. The number of aryl methyl sites for hydroxylation is 1. The maximum atomic E-state index is 13.0. The van der Waals surface area contributed by atoms with Gasteiger partial charge < -0.3 is 14.7 Å². The minimum absolute atomic E-state index is 0.0947. The van der Waals surface area contributed by atoms with E-state index < -0.39 is 28.4 Å². The van der Waals surface area contributed by atoms with Crippen LogP contribution >= 0.6 is 0 Å². The standard InChI is InChI=1S/C18H26N2O6S/c1-14-6-7-15(18(23)19(10-11-26-2)13-17(21)22)12-16(14)27(24,25)20-8-4-3-5-9-20/h6-7,12H,3-5,8-11,13H2,1-2H3,(H,21,22). The third-order valence-corrected chi connectivity index (χ3v) is 6.59. The Balaban J connectivity index is 2.34. The summed E-state index contributed by atoms with van der Waals surface area (Å²) in [6, 6.07) is 4.46. The highest BCUT2D eigenvalue weighted by atomic mass is 32.2. The molecule has 1 amide bonds. The Morgan fingerprint density at radius 1 is 1.22 bits per heavy atom. The molecule has 0 unspecified atom stereocenters. The number of benzene rings is 1. The molecule has 27 heavy (non-hydrogen) atoms. The van der Waals surface area contributed by atoms with Crippen molar-refractivity contribution in [1.29, 1.82) is 0 Å². The number of carboxylic acids is 1. The Bertz CT molecular complexity index is 787. The lowest BCUT2D eigenvalue weighted by molar-refractivity contribution is -0.137. The van der Waals surface area contributed by atoms with Crippen LogP contribution in [0.15, 0.2) is 23.1 Å². The Hall–Kier alpha value is -1.97. The molecule has 1 aliphatic rings. The fourth-order valence-corrected chi connectivity index (χ4v) is 4.82. The third-order valence-electron chi connectivity index (χ3n) is 4.55. The maximum absolute atomic E-state index is 13.0. The van der Waals surface area contributed by atoms with Gasteiger partial charge in [0.25, 0.3) is 5.91 Å². The van der Waals surface area contributed by atoms with Crippen molar-refractivity contribution in [2.75, 3.05) is 39.9 Å². The summed E-state index contributed by atoms with van der Waals surface area (Å²) in [5.41, 5.74) is 0.701. The first-order valence-electron chi connectivity index (χ1n) is 8.88. The second-order valence-electron chi connectivity index (χ2n) is 6.56. The van der Waals surface area contributed by atoms with Crippen molar-refractivity contribution in [3.63, 3.8) is 0 Å². The van der Waals surface area contributed by atoms with Gasteiger partial charge in [-0.2, -0.15) is 4.31 Å². The smallest absolute Gasteiger partial charge is 0.323 e. The van der Waals surface area contributed by atoms with Crippen LogP contribution in [0.25, 0.3) is 0 Å². The fourth-order valence-electron chi connectivity index (χ4n) is 3.06. The first kappa shape index (κ1) is 21.3. The van der Waals surface area contributed by atoms with Gasteiger partial charge in [0.05, 0.1) is 11.5 Å². The summed E-state index contributed by atoms with van der Waals surface area (Å²) in [4.78, 5) is 25.0. The molecule has 0 atom stereocenters. The molecule has 0 saturated carbocycles. The van der Waals surface area contributed by atoms with Gasteiger partial charge in [0.2, 0.25) is 10.0 Å². The van der Waals surface area contributed by atoms with E-state index in [2.05, 4.69) is 0 Å². The lowest BCUT2D eigenvalue weighted by Crippen LogP contribution is -2.38. The number of nitrogens with zero attached hydrogens (tertiary/aromatic N) is 2. The summed E-state index contributed by atoms with van der Waals surface area (Å²) < 4.78 is 32.4. The van der Waals surface area contributed by atoms with Gasteiger partial charge >= 0.3 is 5.97 Å².